The predicted octanol–water partition coefficient (Wildman–Crippen LogP) is -2.35. The molecule has 0 amide bonds. The van der Waals surface area contributed by atoms with Crippen molar-refractivity contribution >= 4 is 5.97 Å². The zero-order chi connectivity index (χ0) is 10.8. The number of terminal acetylenes is 1. The van der Waals surface area contributed by atoms with Gasteiger partial charge in [-0.15, -0.1) is 6.42 Å². The molecule has 0 unspecified atom stereocenters. The number of ether oxygens (including phenoxy) is 1. The number of methoxy groups -OCH3 is 1. The Morgan fingerprint density at radius 3 is 2.40 bits per heavy atom. The summed E-state index contributed by atoms with van der Waals surface area (Å²) in [5, 5.41) is 0. The van der Waals surface area contributed by atoms with Gasteiger partial charge in [0.25, 0.3) is 0 Å². The van der Waals surface area contributed by atoms with Crippen LogP contribution in [0.1, 0.15) is 12.8 Å². The lowest BCUT2D eigenvalue weighted by atomic mass is 10.1. The van der Waals surface area contributed by atoms with Crippen LogP contribution in [-0.4, -0.2) is 44.7 Å². The Morgan fingerprint density at radius 1 is 1.53 bits per heavy atom. The highest BCUT2D eigenvalue weighted by atomic mass is 79.9. The van der Waals surface area contributed by atoms with Crippen LogP contribution in [0.25, 0.3) is 0 Å². The minimum absolute atomic E-state index is 0. The standard InChI is InChI=1S/C11H18NO2.BrH/c1-5-8-12(2,3)9-11(6-7-11)10(13)14-4;/h1H,6-9H2,2-4H3;1H/q+1;/p-1. The quantitative estimate of drug-likeness (QED) is 0.327. The number of halogens is 1. The van der Waals surface area contributed by atoms with Gasteiger partial charge in [0.1, 0.15) is 12.0 Å². The molecule has 4 heteroatoms. The van der Waals surface area contributed by atoms with Gasteiger partial charge in [-0.3, -0.25) is 4.79 Å². The second kappa shape index (κ2) is 5.00. The van der Waals surface area contributed by atoms with Crippen LogP contribution in [-0.2, 0) is 9.53 Å². The summed E-state index contributed by atoms with van der Waals surface area (Å²) in [7, 11) is 5.54. The molecule has 0 radical (unpaired) electrons. The molecule has 1 saturated carbocycles. The number of esters is 1. The first kappa shape index (κ1) is 14.5. The molecule has 3 nitrogen and oxygen atoms in total. The highest BCUT2D eigenvalue weighted by molar-refractivity contribution is 5.79. The monoisotopic (exact) mass is 275 g/mol. The first-order chi connectivity index (χ1) is 6.46. The Balaban J connectivity index is 0.00000196. The number of carbonyl (C=O) groups excluding carboxylic acids is 1. The van der Waals surface area contributed by atoms with E-state index in [1.807, 2.05) is 14.1 Å². The topological polar surface area (TPSA) is 26.3 Å². The van der Waals surface area contributed by atoms with Crippen molar-refractivity contribution in [1.29, 1.82) is 0 Å². The molecule has 0 atom stereocenters. The predicted molar refractivity (Wildman–Crippen MR) is 54.4 cm³/mol. The number of hydrogen-bond donors (Lipinski definition) is 0. The van der Waals surface area contributed by atoms with Crippen LogP contribution >= 0.6 is 0 Å². The van der Waals surface area contributed by atoms with Crippen molar-refractivity contribution in [3.63, 3.8) is 0 Å². The zero-order valence-electron chi connectivity index (χ0n) is 9.55. The van der Waals surface area contributed by atoms with Crippen molar-refractivity contribution in [2.75, 3.05) is 34.3 Å². The van der Waals surface area contributed by atoms with Gasteiger partial charge in [0.05, 0.1) is 27.7 Å². The number of nitrogens with zero attached hydrogens (tertiary/aromatic N) is 1. The third-order valence-corrected chi connectivity index (χ3v) is 2.72. The van der Waals surface area contributed by atoms with Gasteiger partial charge in [0.2, 0.25) is 0 Å². The van der Waals surface area contributed by atoms with Crippen LogP contribution in [0.2, 0.25) is 0 Å². The largest absolute Gasteiger partial charge is 1.00 e. The molecular weight excluding hydrogens is 258 g/mol. The minimum atomic E-state index is -0.241. The Bertz CT molecular complexity index is 277. The second-order valence-corrected chi connectivity index (χ2v) is 4.73. The summed E-state index contributed by atoms with van der Waals surface area (Å²) in [5.41, 5.74) is -0.241. The van der Waals surface area contributed by atoms with E-state index in [-0.39, 0.29) is 28.4 Å². The number of rotatable bonds is 4. The van der Waals surface area contributed by atoms with Crippen molar-refractivity contribution in [2.45, 2.75) is 12.8 Å². The van der Waals surface area contributed by atoms with Gasteiger partial charge in [0, 0.05) is 0 Å². The Morgan fingerprint density at radius 2 is 2.07 bits per heavy atom. The average Bonchev–Trinajstić information content (AvgIpc) is 2.83. The second-order valence-electron chi connectivity index (χ2n) is 4.73. The van der Waals surface area contributed by atoms with Crippen molar-refractivity contribution in [3.8, 4) is 12.3 Å². The minimum Gasteiger partial charge on any atom is -1.00 e. The molecule has 0 spiro atoms. The number of hydrogen-bond acceptors (Lipinski definition) is 2. The van der Waals surface area contributed by atoms with Gasteiger partial charge in [-0.2, -0.15) is 0 Å². The van der Waals surface area contributed by atoms with Gasteiger partial charge in [0.15, 0.2) is 0 Å². The van der Waals surface area contributed by atoms with Gasteiger partial charge in [-0.1, -0.05) is 0 Å². The molecule has 0 aromatic carbocycles. The van der Waals surface area contributed by atoms with Crippen molar-refractivity contribution < 1.29 is 31.0 Å². The maximum absolute atomic E-state index is 11.5. The van der Waals surface area contributed by atoms with Crippen molar-refractivity contribution in [3.05, 3.63) is 0 Å². The van der Waals surface area contributed by atoms with Crippen molar-refractivity contribution in [2.24, 2.45) is 5.41 Å². The molecule has 0 heterocycles. The van der Waals surface area contributed by atoms with Crippen LogP contribution in [0.5, 0.6) is 0 Å². The normalized spacial score (nSPS) is 17.2. The smallest absolute Gasteiger partial charge is 0.317 e. The fourth-order valence-corrected chi connectivity index (χ4v) is 1.92. The Hall–Kier alpha value is -0.530. The molecule has 1 aliphatic carbocycles. The Kier molecular flexibility index (Phi) is 4.82. The molecule has 0 N–H and O–H groups in total. The first-order valence-electron chi connectivity index (χ1n) is 4.80. The molecule has 1 rings (SSSR count). The van der Waals surface area contributed by atoms with Crippen LogP contribution in [0.3, 0.4) is 0 Å². The summed E-state index contributed by atoms with van der Waals surface area (Å²) in [5.74, 6) is 2.55. The zero-order valence-corrected chi connectivity index (χ0v) is 11.1. The fourth-order valence-electron chi connectivity index (χ4n) is 1.92. The average molecular weight is 276 g/mol. The molecule has 0 aromatic rings. The molecular formula is C11H18BrNO2. The number of carbonyl (C=O) groups is 1. The lowest BCUT2D eigenvalue weighted by Gasteiger charge is -2.30. The van der Waals surface area contributed by atoms with E-state index in [1.165, 1.54) is 7.11 Å². The first-order valence-corrected chi connectivity index (χ1v) is 4.80. The molecule has 1 fully saturated rings. The van der Waals surface area contributed by atoms with E-state index >= 15 is 0 Å². The summed E-state index contributed by atoms with van der Waals surface area (Å²) in [6.45, 7) is 1.43. The van der Waals surface area contributed by atoms with E-state index in [0.717, 1.165) is 19.4 Å². The van der Waals surface area contributed by atoms with Crippen LogP contribution in [0, 0.1) is 17.8 Å². The molecule has 0 aliphatic heterocycles. The van der Waals surface area contributed by atoms with Crippen LogP contribution in [0.4, 0.5) is 0 Å². The molecule has 15 heavy (non-hydrogen) atoms. The van der Waals surface area contributed by atoms with Gasteiger partial charge in [-0.25, -0.2) is 0 Å². The van der Waals surface area contributed by atoms with Crippen LogP contribution < -0.4 is 17.0 Å². The lowest BCUT2D eigenvalue weighted by molar-refractivity contribution is -0.886. The molecule has 1 aliphatic rings. The fraction of sp³-hybridized carbons (Fsp3) is 0.727. The van der Waals surface area contributed by atoms with Crippen molar-refractivity contribution in [1.82, 2.24) is 0 Å². The van der Waals surface area contributed by atoms with Gasteiger partial charge < -0.3 is 26.2 Å². The van der Waals surface area contributed by atoms with E-state index in [2.05, 4.69) is 5.92 Å². The maximum atomic E-state index is 11.5. The van der Waals surface area contributed by atoms with E-state index < -0.39 is 0 Å². The van der Waals surface area contributed by atoms with E-state index in [0.29, 0.717) is 11.0 Å². The van der Waals surface area contributed by atoms with E-state index in [4.69, 9.17) is 11.2 Å². The maximum Gasteiger partial charge on any atom is 0.317 e. The summed E-state index contributed by atoms with van der Waals surface area (Å²) >= 11 is 0. The molecule has 0 aromatic heterocycles. The van der Waals surface area contributed by atoms with E-state index in [1.54, 1.807) is 0 Å². The lowest BCUT2D eigenvalue weighted by Crippen LogP contribution is -3.00. The van der Waals surface area contributed by atoms with Crippen LogP contribution in [0.15, 0.2) is 0 Å². The Labute approximate surface area is 102 Å². The summed E-state index contributed by atoms with van der Waals surface area (Å²) in [6.07, 6.45) is 7.15. The van der Waals surface area contributed by atoms with Gasteiger partial charge >= 0.3 is 5.97 Å². The van der Waals surface area contributed by atoms with Gasteiger partial charge in [-0.05, 0) is 18.8 Å². The molecule has 86 valence electrons. The highest BCUT2D eigenvalue weighted by Crippen LogP contribution is 2.48. The molecule has 0 saturated heterocycles. The number of quaternary nitrogens is 1. The summed E-state index contributed by atoms with van der Waals surface area (Å²) in [6, 6.07) is 0. The summed E-state index contributed by atoms with van der Waals surface area (Å²) < 4.78 is 5.49. The van der Waals surface area contributed by atoms with E-state index in [9.17, 15) is 4.79 Å². The third-order valence-electron chi connectivity index (χ3n) is 2.72. The highest BCUT2D eigenvalue weighted by Gasteiger charge is 2.55. The SMILES string of the molecule is C#CC[N+](C)(C)CC1(C(=O)OC)CC1.[Br-]. The molecule has 0 bridgehead atoms. The third kappa shape index (κ3) is 3.51. The summed E-state index contributed by atoms with van der Waals surface area (Å²) in [4.78, 5) is 11.5.